The Morgan fingerprint density at radius 1 is 1.33 bits per heavy atom. The smallest absolute Gasteiger partial charge is 0.259 e. The van der Waals surface area contributed by atoms with Crippen LogP contribution in [0.5, 0.6) is 0 Å². The number of nitrogens with zero attached hydrogens (tertiary/aromatic N) is 2. The van der Waals surface area contributed by atoms with Crippen molar-refractivity contribution in [2.75, 3.05) is 5.73 Å². The van der Waals surface area contributed by atoms with Gasteiger partial charge in [-0.2, -0.15) is 0 Å². The number of anilines is 1. The Morgan fingerprint density at radius 3 is 2.93 bits per heavy atom. The number of pyridine rings is 1. The van der Waals surface area contributed by atoms with E-state index in [1.165, 1.54) is 5.56 Å². The highest BCUT2D eigenvalue weighted by Gasteiger charge is 2.25. The normalized spacial score (nSPS) is 16.5. The number of aromatic nitrogens is 2. The second kappa shape index (κ2) is 6.68. The van der Waals surface area contributed by atoms with E-state index >= 15 is 0 Å². The number of nitrogens with one attached hydrogen (secondary N) is 1. The molecule has 0 radical (unpaired) electrons. The molecule has 0 saturated carbocycles. The number of benzene rings is 1. The molecule has 6 heteroatoms. The van der Waals surface area contributed by atoms with Crippen LogP contribution in [0.4, 0.5) is 5.69 Å². The summed E-state index contributed by atoms with van der Waals surface area (Å²) >= 11 is 0. The average Bonchev–Trinajstić information content (AvgIpc) is 3.02. The Morgan fingerprint density at radius 2 is 2.15 bits per heavy atom. The van der Waals surface area contributed by atoms with Gasteiger partial charge in [0.1, 0.15) is 0 Å². The zero-order valence-electron chi connectivity index (χ0n) is 15.9. The zero-order chi connectivity index (χ0) is 19.1. The first kappa shape index (κ1) is 17.5. The molecule has 0 fully saturated rings. The second-order valence-electron chi connectivity index (χ2n) is 7.57. The van der Waals surface area contributed by atoms with Crippen LogP contribution < -0.4 is 11.1 Å². The van der Waals surface area contributed by atoms with E-state index in [0.29, 0.717) is 22.4 Å². The first-order valence-electron chi connectivity index (χ1n) is 9.40. The van der Waals surface area contributed by atoms with Gasteiger partial charge in [-0.15, -0.1) is 0 Å². The third-order valence-electron chi connectivity index (χ3n) is 5.26. The lowest BCUT2D eigenvalue weighted by Gasteiger charge is -2.27. The van der Waals surface area contributed by atoms with E-state index in [0.717, 1.165) is 36.2 Å². The maximum atomic E-state index is 13.2. The van der Waals surface area contributed by atoms with Crippen molar-refractivity contribution in [1.82, 2.24) is 15.5 Å². The van der Waals surface area contributed by atoms with Crippen LogP contribution in [-0.2, 0) is 6.42 Å². The number of carbonyl (C=O) groups excluding carboxylic acids is 1. The molecule has 3 aromatic rings. The van der Waals surface area contributed by atoms with E-state index in [-0.39, 0.29) is 17.9 Å². The van der Waals surface area contributed by atoms with Gasteiger partial charge in [-0.1, -0.05) is 25.1 Å². The highest BCUT2D eigenvalue weighted by molar-refractivity contribution is 6.06. The molecule has 1 aromatic carbocycles. The molecular formula is C21H24N4O2. The van der Waals surface area contributed by atoms with Crippen molar-refractivity contribution in [2.24, 2.45) is 0 Å². The van der Waals surface area contributed by atoms with Crippen LogP contribution in [0.15, 0.2) is 28.8 Å². The lowest BCUT2D eigenvalue weighted by molar-refractivity contribution is 0.0934. The van der Waals surface area contributed by atoms with Gasteiger partial charge in [0.2, 0.25) is 0 Å². The van der Waals surface area contributed by atoms with Crippen LogP contribution in [0.1, 0.15) is 71.5 Å². The van der Waals surface area contributed by atoms with E-state index in [1.54, 1.807) is 0 Å². The molecule has 2 heterocycles. The summed E-state index contributed by atoms with van der Waals surface area (Å²) in [6, 6.07) is 7.78. The topological polar surface area (TPSA) is 94.0 Å². The number of hydrogen-bond acceptors (Lipinski definition) is 5. The fourth-order valence-corrected chi connectivity index (χ4v) is 3.81. The number of hydrogen-bond donors (Lipinski definition) is 2. The molecular weight excluding hydrogens is 340 g/mol. The van der Waals surface area contributed by atoms with Gasteiger partial charge in [0.05, 0.1) is 22.7 Å². The van der Waals surface area contributed by atoms with Crippen LogP contribution in [-0.4, -0.2) is 16.0 Å². The molecule has 6 nitrogen and oxygen atoms in total. The van der Waals surface area contributed by atoms with Crippen molar-refractivity contribution >= 4 is 22.7 Å². The van der Waals surface area contributed by atoms with Crippen LogP contribution in [0.25, 0.3) is 11.1 Å². The Bertz CT molecular complexity index is 1020. The van der Waals surface area contributed by atoms with Gasteiger partial charge in [0.15, 0.2) is 0 Å². The third-order valence-corrected chi connectivity index (χ3v) is 5.26. The molecule has 0 aliphatic heterocycles. The predicted octanol–water partition coefficient (Wildman–Crippen LogP) is 4.04. The maximum absolute atomic E-state index is 13.2. The summed E-state index contributed by atoms with van der Waals surface area (Å²) in [6.45, 7) is 5.92. The van der Waals surface area contributed by atoms with Gasteiger partial charge in [-0.3, -0.25) is 4.79 Å². The van der Waals surface area contributed by atoms with Crippen molar-refractivity contribution in [3.8, 4) is 0 Å². The first-order chi connectivity index (χ1) is 12.9. The average molecular weight is 364 g/mol. The summed E-state index contributed by atoms with van der Waals surface area (Å²) < 4.78 is 5.33. The van der Waals surface area contributed by atoms with Crippen molar-refractivity contribution in [3.05, 3.63) is 52.3 Å². The van der Waals surface area contributed by atoms with Gasteiger partial charge in [-0.25, -0.2) is 4.98 Å². The van der Waals surface area contributed by atoms with Crippen molar-refractivity contribution in [2.45, 2.75) is 52.0 Å². The van der Waals surface area contributed by atoms with Crippen molar-refractivity contribution < 1.29 is 9.32 Å². The van der Waals surface area contributed by atoms with Gasteiger partial charge >= 0.3 is 0 Å². The minimum atomic E-state index is -0.120. The first-order valence-corrected chi connectivity index (χ1v) is 9.40. The van der Waals surface area contributed by atoms with E-state index < -0.39 is 0 Å². The molecule has 0 bridgehead atoms. The molecule has 3 N–H and O–H groups in total. The molecule has 1 amide bonds. The lowest BCUT2D eigenvalue weighted by atomic mass is 9.87. The number of carbonyl (C=O) groups is 1. The van der Waals surface area contributed by atoms with Gasteiger partial charge in [-0.05, 0) is 61.4 Å². The van der Waals surface area contributed by atoms with E-state index in [2.05, 4.69) is 15.5 Å². The second-order valence-corrected chi connectivity index (χ2v) is 7.57. The Hall–Kier alpha value is -2.89. The predicted molar refractivity (Wildman–Crippen MR) is 105 cm³/mol. The van der Waals surface area contributed by atoms with Gasteiger partial charge in [0.25, 0.3) is 11.6 Å². The summed E-state index contributed by atoms with van der Waals surface area (Å²) in [5.41, 5.74) is 11.5. The van der Waals surface area contributed by atoms with Crippen LogP contribution >= 0.6 is 0 Å². The summed E-state index contributed by atoms with van der Waals surface area (Å²) in [7, 11) is 0. The van der Waals surface area contributed by atoms with Gasteiger partial charge < -0.3 is 15.6 Å². The Labute approximate surface area is 158 Å². The summed E-state index contributed by atoms with van der Waals surface area (Å²) in [4.78, 5) is 17.7. The van der Waals surface area contributed by atoms with E-state index in [1.807, 2.05) is 45.0 Å². The highest BCUT2D eigenvalue weighted by Crippen LogP contribution is 2.32. The zero-order valence-corrected chi connectivity index (χ0v) is 15.9. The molecule has 27 heavy (non-hydrogen) atoms. The lowest BCUT2D eigenvalue weighted by Crippen LogP contribution is -2.31. The largest absolute Gasteiger partial charge is 0.399 e. The molecule has 1 unspecified atom stereocenters. The molecule has 2 aromatic heterocycles. The van der Waals surface area contributed by atoms with E-state index in [9.17, 15) is 4.79 Å². The summed E-state index contributed by atoms with van der Waals surface area (Å²) in [6.07, 6.45) is 2.93. The Balaban J connectivity index is 1.71. The molecule has 0 saturated heterocycles. The van der Waals surface area contributed by atoms with Crippen LogP contribution in [0, 0.1) is 6.92 Å². The fraction of sp³-hybridized carbons (Fsp3) is 0.381. The fourth-order valence-electron chi connectivity index (χ4n) is 3.81. The molecule has 1 atom stereocenters. The van der Waals surface area contributed by atoms with Crippen LogP contribution in [0.2, 0.25) is 0 Å². The molecule has 4 rings (SSSR count). The Kier molecular flexibility index (Phi) is 4.34. The summed E-state index contributed by atoms with van der Waals surface area (Å²) in [5.74, 6) is 0.0648. The molecule has 140 valence electrons. The summed E-state index contributed by atoms with van der Waals surface area (Å²) in [5, 5.41) is 7.89. The monoisotopic (exact) mass is 364 g/mol. The minimum Gasteiger partial charge on any atom is -0.399 e. The quantitative estimate of drug-likeness (QED) is 0.684. The SMILES string of the molecule is Cc1noc2nc(C(C)C)cc(C(=O)NC3CCCc4cc(N)ccc43)c12. The molecule has 1 aliphatic carbocycles. The molecule has 0 spiro atoms. The standard InChI is InChI=1S/C21H24N4O2/c1-11(2)18-10-16(19-12(3)25-27-21(19)24-18)20(26)23-17-6-4-5-13-9-14(22)7-8-15(13)17/h7-11,17H,4-6,22H2,1-3H3,(H,23,26). The van der Waals surface area contributed by atoms with Crippen LogP contribution in [0.3, 0.4) is 0 Å². The van der Waals surface area contributed by atoms with Gasteiger partial charge in [0, 0.05) is 11.4 Å². The highest BCUT2D eigenvalue weighted by atomic mass is 16.5. The number of nitrogens with two attached hydrogens (primary N) is 1. The van der Waals surface area contributed by atoms with Crippen molar-refractivity contribution in [3.63, 3.8) is 0 Å². The number of nitrogen functional groups attached to an aromatic ring is 1. The number of aryl methyl sites for hydroxylation is 2. The molecule has 1 aliphatic rings. The number of fused-ring (bicyclic) bond motifs is 2. The van der Waals surface area contributed by atoms with E-state index in [4.69, 9.17) is 10.3 Å². The minimum absolute atomic E-state index is 0.0206. The maximum Gasteiger partial charge on any atom is 0.259 e. The number of rotatable bonds is 3. The van der Waals surface area contributed by atoms with Crippen molar-refractivity contribution in [1.29, 1.82) is 0 Å². The number of amides is 1. The third kappa shape index (κ3) is 3.16.